The lowest BCUT2D eigenvalue weighted by Gasteiger charge is -2.33. The van der Waals surface area contributed by atoms with E-state index in [1.165, 1.54) is 30.2 Å². The van der Waals surface area contributed by atoms with Crippen LogP contribution in [0, 0.1) is 17.5 Å². The highest BCUT2D eigenvalue weighted by Gasteiger charge is 2.27. The van der Waals surface area contributed by atoms with Crippen molar-refractivity contribution in [3.63, 3.8) is 0 Å². The predicted octanol–water partition coefficient (Wildman–Crippen LogP) is 3.19. The third kappa shape index (κ3) is 5.07. The fourth-order valence-electron chi connectivity index (χ4n) is 3.20. The van der Waals surface area contributed by atoms with E-state index < -0.39 is 17.5 Å². The monoisotopic (exact) mass is 408 g/mol. The smallest absolute Gasteiger partial charge is 0.248 e. The Morgan fingerprint density at radius 3 is 2.79 bits per heavy atom. The van der Waals surface area contributed by atoms with E-state index in [2.05, 4.69) is 5.32 Å². The van der Waals surface area contributed by atoms with Crippen molar-refractivity contribution < 1.29 is 27.4 Å². The highest BCUT2D eigenvalue weighted by atomic mass is 19.2. The zero-order valence-electron chi connectivity index (χ0n) is 16.3. The summed E-state index contributed by atoms with van der Waals surface area (Å²) < 4.78 is 51.5. The largest absolute Gasteiger partial charge is 0.494 e. The zero-order chi connectivity index (χ0) is 21.0. The first kappa shape index (κ1) is 21.1. The van der Waals surface area contributed by atoms with Crippen LogP contribution in [-0.4, -0.2) is 43.7 Å². The number of rotatable bonds is 7. The molecule has 1 amide bonds. The SMILES string of the molecule is COc1cc([C@@H](C)NCC2CN(Cc3cccc(F)c3F)C(=O)CO2)ccc1F. The van der Waals surface area contributed by atoms with Crippen molar-refractivity contribution in [1.29, 1.82) is 0 Å². The zero-order valence-corrected chi connectivity index (χ0v) is 16.3. The second-order valence-corrected chi connectivity index (χ2v) is 6.94. The van der Waals surface area contributed by atoms with Crippen molar-refractivity contribution in [2.24, 2.45) is 0 Å². The summed E-state index contributed by atoms with van der Waals surface area (Å²) in [5, 5.41) is 3.28. The molecule has 1 aliphatic rings. The molecule has 1 heterocycles. The number of methoxy groups -OCH3 is 1. The van der Waals surface area contributed by atoms with Crippen LogP contribution in [0.2, 0.25) is 0 Å². The van der Waals surface area contributed by atoms with E-state index in [1.807, 2.05) is 6.92 Å². The molecule has 29 heavy (non-hydrogen) atoms. The van der Waals surface area contributed by atoms with Gasteiger partial charge in [0.05, 0.1) is 13.2 Å². The van der Waals surface area contributed by atoms with Crippen molar-refractivity contribution >= 4 is 5.91 Å². The average molecular weight is 408 g/mol. The number of carbonyl (C=O) groups excluding carboxylic acids is 1. The minimum Gasteiger partial charge on any atom is -0.494 e. The molecule has 8 heteroatoms. The van der Waals surface area contributed by atoms with Gasteiger partial charge in [0.2, 0.25) is 5.91 Å². The number of hydrogen-bond acceptors (Lipinski definition) is 4. The molecule has 1 unspecified atom stereocenters. The topological polar surface area (TPSA) is 50.8 Å². The molecule has 3 rings (SSSR count). The summed E-state index contributed by atoms with van der Waals surface area (Å²) in [6.07, 6.45) is -0.311. The highest BCUT2D eigenvalue weighted by Crippen LogP contribution is 2.23. The lowest BCUT2D eigenvalue weighted by Crippen LogP contribution is -2.49. The van der Waals surface area contributed by atoms with E-state index in [4.69, 9.17) is 9.47 Å². The lowest BCUT2D eigenvalue weighted by molar-refractivity contribution is -0.149. The molecule has 2 aromatic carbocycles. The van der Waals surface area contributed by atoms with Gasteiger partial charge in [0.25, 0.3) is 0 Å². The van der Waals surface area contributed by atoms with Crippen LogP contribution in [0.15, 0.2) is 36.4 Å². The summed E-state index contributed by atoms with van der Waals surface area (Å²) in [6.45, 7) is 2.45. The van der Waals surface area contributed by atoms with Crippen molar-refractivity contribution in [2.45, 2.75) is 25.6 Å². The van der Waals surface area contributed by atoms with Crippen LogP contribution in [0.25, 0.3) is 0 Å². The number of benzene rings is 2. The summed E-state index contributed by atoms with van der Waals surface area (Å²) in [6, 6.07) is 8.43. The molecule has 5 nitrogen and oxygen atoms in total. The normalized spacial score (nSPS) is 18.0. The Hall–Kier alpha value is -2.58. The minimum absolute atomic E-state index is 0.0208. The fourth-order valence-corrected chi connectivity index (χ4v) is 3.20. The number of ether oxygens (including phenoxy) is 2. The molecule has 0 saturated carbocycles. The molecule has 1 N–H and O–H groups in total. The number of amides is 1. The van der Waals surface area contributed by atoms with Gasteiger partial charge in [-0.25, -0.2) is 13.2 Å². The van der Waals surface area contributed by atoms with Crippen LogP contribution in [-0.2, 0) is 16.1 Å². The third-order valence-corrected chi connectivity index (χ3v) is 4.94. The Kier molecular flexibility index (Phi) is 6.76. The van der Waals surface area contributed by atoms with Gasteiger partial charge in [0, 0.05) is 31.2 Å². The molecule has 0 aliphatic carbocycles. The number of nitrogens with zero attached hydrogens (tertiary/aromatic N) is 1. The van der Waals surface area contributed by atoms with Crippen molar-refractivity contribution in [3.05, 3.63) is 65.0 Å². The van der Waals surface area contributed by atoms with Gasteiger partial charge in [-0.3, -0.25) is 4.79 Å². The molecule has 0 spiro atoms. The predicted molar refractivity (Wildman–Crippen MR) is 101 cm³/mol. The summed E-state index contributed by atoms with van der Waals surface area (Å²) in [4.78, 5) is 13.6. The van der Waals surface area contributed by atoms with Crippen molar-refractivity contribution in [1.82, 2.24) is 10.2 Å². The summed E-state index contributed by atoms with van der Waals surface area (Å²) >= 11 is 0. The molecule has 1 fully saturated rings. The van der Waals surface area contributed by atoms with Gasteiger partial charge >= 0.3 is 0 Å². The maximum Gasteiger partial charge on any atom is 0.248 e. The maximum absolute atomic E-state index is 13.9. The Labute approximate surface area is 167 Å². The molecular formula is C21H23F3N2O3. The molecule has 2 atom stereocenters. The molecule has 2 aromatic rings. The van der Waals surface area contributed by atoms with Gasteiger partial charge in [-0.2, -0.15) is 0 Å². The van der Waals surface area contributed by atoms with Gasteiger partial charge in [-0.05, 0) is 30.7 Å². The molecular weight excluding hydrogens is 385 g/mol. The van der Waals surface area contributed by atoms with Crippen molar-refractivity contribution in [2.75, 3.05) is 26.8 Å². The molecule has 0 radical (unpaired) electrons. The van der Waals surface area contributed by atoms with E-state index in [-0.39, 0.29) is 49.1 Å². The summed E-state index contributed by atoms with van der Waals surface area (Å²) in [5.41, 5.74) is 0.965. The third-order valence-electron chi connectivity index (χ3n) is 4.94. The molecule has 0 aromatic heterocycles. The number of carbonyl (C=O) groups is 1. The van der Waals surface area contributed by atoms with Crippen LogP contribution in [0.5, 0.6) is 5.75 Å². The van der Waals surface area contributed by atoms with Crippen LogP contribution in [0.1, 0.15) is 24.1 Å². The van der Waals surface area contributed by atoms with Gasteiger partial charge in [-0.15, -0.1) is 0 Å². The van der Waals surface area contributed by atoms with Gasteiger partial charge in [0.1, 0.15) is 6.61 Å². The molecule has 156 valence electrons. The van der Waals surface area contributed by atoms with E-state index >= 15 is 0 Å². The average Bonchev–Trinajstić information content (AvgIpc) is 2.72. The van der Waals surface area contributed by atoms with Gasteiger partial charge in [0.15, 0.2) is 23.2 Å². The second-order valence-electron chi connectivity index (χ2n) is 6.94. The number of morpholine rings is 1. The van der Waals surface area contributed by atoms with Crippen LogP contribution >= 0.6 is 0 Å². The van der Waals surface area contributed by atoms with E-state index in [9.17, 15) is 18.0 Å². The second kappa shape index (κ2) is 9.28. The Morgan fingerprint density at radius 1 is 1.24 bits per heavy atom. The van der Waals surface area contributed by atoms with Gasteiger partial charge in [-0.1, -0.05) is 18.2 Å². The number of halogens is 3. The van der Waals surface area contributed by atoms with E-state index in [0.29, 0.717) is 6.54 Å². The Bertz CT molecular complexity index is 878. The number of nitrogens with one attached hydrogen (secondary N) is 1. The highest BCUT2D eigenvalue weighted by molar-refractivity contribution is 5.78. The van der Waals surface area contributed by atoms with Crippen LogP contribution < -0.4 is 10.1 Å². The minimum atomic E-state index is -0.944. The molecule has 0 bridgehead atoms. The van der Waals surface area contributed by atoms with Crippen molar-refractivity contribution in [3.8, 4) is 5.75 Å². The first-order valence-corrected chi connectivity index (χ1v) is 9.28. The van der Waals surface area contributed by atoms with Crippen LogP contribution in [0.4, 0.5) is 13.2 Å². The summed E-state index contributed by atoms with van der Waals surface area (Å²) in [7, 11) is 1.41. The number of hydrogen-bond donors (Lipinski definition) is 1. The Morgan fingerprint density at radius 2 is 2.03 bits per heavy atom. The first-order chi connectivity index (χ1) is 13.9. The maximum atomic E-state index is 13.9. The standard InChI is InChI=1S/C21H23F3N2O3/c1-13(14-6-7-17(22)19(8-14)28-2)25-9-16-11-26(20(27)12-29-16)10-15-4-3-5-18(23)21(15)24/h3-8,13,16,25H,9-12H2,1-2H3/t13-,16?/m1/s1. The van der Waals surface area contributed by atoms with E-state index in [0.717, 1.165) is 11.6 Å². The quantitative estimate of drug-likeness (QED) is 0.765. The fraction of sp³-hybridized carbons (Fsp3) is 0.381. The molecule has 1 saturated heterocycles. The van der Waals surface area contributed by atoms with Crippen LogP contribution in [0.3, 0.4) is 0 Å². The Balaban J connectivity index is 1.59. The van der Waals surface area contributed by atoms with E-state index in [1.54, 1.807) is 12.1 Å². The lowest BCUT2D eigenvalue weighted by atomic mass is 10.1. The first-order valence-electron chi connectivity index (χ1n) is 9.28. The molecule has 1 aliphatic heterocycles. The van der Waals surface area contributed by atoms with Gasteiger partial charge < -0.3 is 19.7 Å². The summed E-state index contributed by atoms with van der Waals surface area (Å²) in [5.74, 6) is -2.43.